The fraction of sp³-hybridized carbons (Fsp3) is 0.474. The molecule has 9 unspecified atom stereocenters. The molecule has 8 nitrogen and oxygen atoms in total. The molecule has 0 N–H and O–H groups in total. The Morgan fingerprint density at radius 1 is 1.09 bits per heavy atom. The standard InChI is InChI=1S/C38H38O8/c1-7-8-9-25(39)21-10-12-22(13-11-21)31-23(15-17-44-31)24-18-26-30(20(24)2)38(5)27(19-29(41)43-6)37(4)28(40)14-16-36(3)33(37)32(34(38)45-26)46-35(36)42/h1,10-17,24,26-27,32-34H,8-9,18-19H2,2-6H3. The Morgan fingerprint density at radius 3 is 2.52 bits per heavy atom. The molecule has 46 heavy (non-hydrogen) atoms. The number of rotatable bonds is 7. The van der Waals surface area contributed by atoms with E-state index in [9.17, 15) is 19.2 Å². The zero-order valence-corrected chi connectivity index (χ0v) is 26.8. The van der Waals surface area contributed by atoms with Crippen molar-refractivity contribution in [3.63, 3.8) is 0 Å². The molecule has 3 fully saturated rings. The summed E-state index contributed by atoms with van der Waals surface area (Å²) in [5, 5.41) is 0. The van der Waals surface area contributed by atoms with Crippen LogP contribution in [0.2, 0.25) is 0 Å². The topological polar surface area (TPSA) is 109 Å². The first-order chi connectivity index (χ1) is 21.9. The van der Waals surface area contributed by atoms with Crippen LogP contribution >= 0.6 is 0 Å². The number of hydrogen-bond donors (Lipinski definition) is 0. The molecule has 238 valence electrons. The van der Waals surface area contributed by atoms with E-state index in [1.54, 1.807) is 24.5 Å². The largest absolute Gasteiger partial charge is 0.469 e. The van der Waals surface area contributed by atoms with Gasteiger partial charge in [-0.05, 0) is 43.9 Å². The van der Waals surface area contributed by atoms with Crippen molar-refractivity contribution in [2.75, 3.05) is 7.11 Å². The van der Waals surface area contributed by atoms with Crippen LogP contribution < -0.4 is 0 Å². The minimum atomic E-state index is -1.07. The number of hydrogen-bond acceptors (Lipinski definition) is 8. The van der Waals surface area contributed by atoms with Gasteiger partial charge in [0.2, 0.25) is 0 Å². The van der Waals surface area contributed by atoms with E-state index in [0.717, 1.165) is 22.3 Å². The third kappa shape index (κ3) is 3.90. The lowest BCUT2D eigenvalue weighted by Crippen LogP contribution is -2.66. The van der Waals surface area contributed by atoms with Gasteiger partial charge in [0, 0.05) is 52.2 Å². The predicted octanol–water partition coefficient (Wildman–Crippen LogP) is 6.01. The SMILES string of the molecule is C#CCCC(=O)c1ccc(-c2occc2C2CC3OC4C5OC(=O)C6(C)C=CC(=O)C(C)(C56)C(CC(=O)OC)C4(C)C3=C2C)cc1. The molecular formula is C38H38O8. The summed E-state index contributed by atoms with van der Waals surface area (Å²) in [6, 6.07) is 9.35. The Balaban J connectivity index is 1.30. The number of ether oxygens (including phenoxy) is 3. The lowest BCUT2D eigenvalue weighted by Gasteiger charge is -2.59. The highest BCUT2D eigenvalue weighted by Crippen LogP contribution is 2.72. The second-order valence-corrected chi connectivity index (χ2v) is 14.1. The van der Waals surface area contributed by atoms with Gasteiger partial charge in [-0.2, -0.15) is 0 Å². The summed E-state index contributed by atoms with van der Waals surface area (Å²) in [6.07, 6.45) is 10.1. The molecule has 5 aliphatic rings. The predicted molar refractivity (Wildman–Crippen MR) is 167 cm³/mol. The van der Waals surface area contributed by atoms with Gasteiger partial charge >= 0.3 is 11.9 Å². The molecule has 1 aromatic carbocycles. The molecule has 1 saturated carbocycles. The summed E-state index contributed by atoms with van der Waals surface area (Å²) >= 11 is 0. The second kappa shape index (κ2) is 10.4. The summed E-state index contributed by atoms with van der Waals surface area (Å²) < 4.78 is 24.2. The zero-order valence-electron chi connectivity index (χ0n) is 26.8. The molecule has 1 aromatic heterocycles. The molecule has 8 heteroatoms. The summed E-state index contributed by atoms with van der Waals surface area (Å²) in [5.41, 5.74) is 1.75. The van der Waals surface area contributed by atoms with Crippen molar-refractivity contribution in [2.45, 2.75) is 77.6 Å². The van der Waals surface area contributed by atoms with Crippen LogP contribution in [0.1, 0.15) is 75.2 Å². The van der Waals surface area contributed by atoms with E-state index in [0.29, 0.717) is 30.6 Å². The van der Waals surface area contributed by atoms with Gasteiger partial charge < -0.3 is 18.6 Å². The van der Waals surface area contributed by atoms with Crippen LogP contribution in [-0.4, -0.2) is 48.9 Å². The maximum atomic E-state index is 14.0. The number of allylic oxidation sites excluding steroid dienone is 2. The van der Waals surface area contributed by atoms with Crippen molar-refractivity contribution < 1.29 is 37.8 Å². The van der Waals surface area contributed by atoms with Gasteiger partial charge in [0.15, 0.2) is 11.6 Å². The summed E-state index contributed by atoms with van der Waals surface area (Å²) in [4.78, 5) is 52.9. The fourth-order valence-corrected chi connectivity index (χ4v) is 9.87. The molecule has 3 heterocycles. The third-order valence-electron chi connectivity index (χ3n) is 12.0. The van der Waals surface area contributed by atoms with Crippen LogP contribution in [-0.2, 0) is 28.6 Å². The third-order valence-corrected chi connectivity index (χ3v) is 12.0. The Labute approximate surface area is 268 Å². The summed E-state index contributed by atoms with van der Waals surface area (Å²) in [6.45, 7) is 7.90. The van der Waals surface area contributed by atoms with Crippen molar-refractivity contribution in [1.82, 2.24) is 0 Å². The number of ketones is 2. The van der Waals surface area contributed by atoms with E-state index in [-0.39, 0.29) is 36.0 Å². The van der Waals surface area contributed by atoms with Crippen molar-refractivity contribution >= 4 is 23.5 Å². The Kier molecular flexibility index (Phi) is 6.88. The monoisotopic (exact) mass is 622 g/mol. The van der Waals surface area contributed by atoms with E-state index in [1.165, 1.54) is 13.2 Å². The molecule has 2 aromatic rings. The lowest BCUT2D eigenvalue weighted by molar-refractivity contribution is -0.190. The maximum Gasteiger partial charge on any atom is 0.316 e. The number of furan rings is 1. The van der Waals surface area contributed by atoms with E-state index in [2.05, 4.69) is 19.8 Å². The molecule has 0 bridgehead atoms. The van der Waals surface area contributed by atoms with Crippen LogP contribution in [0.25, 0.3) is 11.3 Å². The number of methoxy groups -OCH3 is 1. The molecule has 7 rings (SSSR count). The number of esters is 2. The van der Waals surface area contributed by atoms with Gasteiger partial charge in [0.05, 0.1) is 31.3 Å². The quantitative estimate of drug-likeness (QED) is 0.160. The number of Topliss-reactive ketones (excluding diaryl/α,β-unsaturated/α-hetero) is 1. The molecular weight excluding hydrogens is 584 g/mol. The van der Waals surface area contributed by atoms with E-state index < -0.39 is 46.3 Å². The number of benzene rings is 1. The molecule has 0 spiro atoms. The molecule has 2 aliphatic heterocycles. The molecule has 0 radical (unpaired) electrons. The van der Waals surface area contributed by atoms with Crippen LogP contribution in [0.3, 0.4) is 0 Å². The van der Waals surface area contributed by atoms with Gasteiger partial charge in [-0.3, -0.25) is 19.2 Å². The highest BCUT2D eigenvalue weighted by atomic mass is 16.6. The van der Waals surface area contributed by atoms with Gasteiger partial charge in [-0.1, -0.05) is 49.8 Å². The summed E-state index contributed by atoms with van der Waals surface area (Å²) in [5.74, 6) is 1.31. The molecule has 0 amide bonds. The van der Waals surface area contributed by atoms with E-state index in [1.807, 2.05) is 32.0 Å². The van der Waals surface area contributed by atoms with Crippen molar-refractivity contribution in [3.8, 4) is 23.7 Å². The highest BCUT2D eigenvalue weighted by molar-refractivity contribution is 6.00. The number of carbonyl (C=O) groups excluding carboxylic acids is 4. The summed E-state index contributed by atoms with van der Waals surface area (Å²) in [7, 11) is 1.36. The van der Waals surface area contributed by atoms with Crippen LogP contribution in [0, 0.1) is 40.4 Å². The molecule has 3 aliphatic carbocycles. The van der Waals surface area contributed by atoms with E-state index in [4.69, 9.17) is 25.1 Å². The first-order valence-electron chi connectivity index (χ1n) is 15.9. The maximum absolute atomic E-state index is 14.0. The Hall–Kier alpha value is -4.22. The minimum Gasteiger partial charge on any atom is -0.469 e. The van der Waals surface area contributed by atoms with Crippen molar-refractivity contribution in [1.29, 1.82) is 0 Å². The first-order valence-corrected chi connectivity index (χ1v) is 15.9. The van der Waals surface area contributed by atoms with Gasteiger partial charge in [-0.15, -0.1) is 12.3 Å². The number of terminal acetylenes is 1. The lowest BCUT2D eigenvalue weighted by atomic mass is 9.42. The highest BCUT2D eigenvalue weighted by Gasteiger charge is 2.77. The zero-order chi connectivity index (χ0) is 32.8. The van der Waals surface area contributed by atoms with Gasteiger partial charge in [0.25, 0.3) is 0 Å². The van der Waals surface area contributed by atoms with Crippen molar-refractivity contribution in [2.24, 2.45) is 28.1 Å². The number of fused-ring (bicyclic) bond motifs is 4. The average molecular weight is 623 g/mol. The first kappa shape index (κ1) is 30.4. The minimum absolute atomic E-state index is 0.00145. The van der Waals surface area contributed by atoms with E-state index >= 15 is 0 Å². The fourth-order valence-electron chi connectivity index (χ4n) is 9.87. The normalized spacial score (nSPS) is 37.0. The average Bonchev–Trinajstić information content (AvgIpc) is 3.79. The van der Waals surface area contributed by atoms with Crippen molar-refractivity contribution in [3.05, 3.63) is 71.0 Å². The van der Waals surface area contributed by atoms with Crippen LogP contribution in [0.4, 0.5) is 0 Å². The molecule has 2 saturated heterocycles. The molecule has 9 atom stereocenters. The smallest absolute Gasteiger partial charge is 0.316 e. The van der Waals surface area contributed by atoms with Gasteiger partial charge in [0.1, 0.15) is 18.0 Å². The van der Waals surface area contributed by atoms with Crippen LogP contribution in [0.5, 0.6) is 0 Å². The van der Waals surface area contributed by atoms with Crippen LogP contribution in [0.15, 0.2) is 64.3 Å². The second-order valence-electron chi connectivity index (χ2n) is 14.1. The Bertz CT molecular complexity index is 1770. The van der Waals surface area contributed by atoms with Gasteiger partial charge in [-0.25, -0.2) is 0 Å². The Morgan fingerprint density at radius 2 is 1.83 bits per heavy atom. The number of carbonyl (C=O) groups is 4.